The second-order valence-corrected chi connectivity index (χ2v) is 4.02. The zero-order valence-electron chi connectivity index (χ0n) is 8.26. The van der Waals surface area contributed by atoms with Crippen molar-refractivity contribution in [3.05, 3.63) is 0 Å². The van der Waals surface area contributed by atoms with Crippen LogP contribution >= 0.6 is 0 Å². The van der Waals surface area contributed by atoms with E-state index < -0.39 is 5.60 Å². The highest BCUT2D eigenvalue weighted by Crippen LogP contribution is 2.66. The average Bonchev–Trinajstić information content (AvgIpc) is 2.61. The number of carbonyl (C=O) groups excluding carboxylic acids is 1. The van der Waals surface area contributed by atoms with Gasteiger partial charge in [-0.2, -0.15) is 0 Å². The van der Waals surface area contributed by atoms with Gasteiger partial charge in [0.25, 0.3) is 0 Å². The average molecular weight is 184 g/mol. The maximum absolute atomic E-state index is 11.4. The largest absolute Gasteiger partial charge is 0.467 e. The molecule has 2 fully saturated rings. The van der Waals surface area contributed by atoms with Crippen LogP contribution in [0.5, 0.6) is 0 Å². The molecule has 1 heterocycles. The molecule has 0 aromatic heterocycles. The standard InChI is InChI=1S/C10H16O3/c1-3-4-5-9-6-7-10(9,13-9)8(11)12-2/h3-7H2,1-2H3. The minimum Gasteiger partial charge on any atom is -0.467 e. The molecule has 3 heteroatoms. The molecule has 0 spiro atoms. The smallest absolute Gasteiger partial charge is 0.341 e. The van der Waals surface area contributed by atoms with E-state index in [1.807, 2.05) is 0 Å². The molecule has 0 N–H and O–H groups in total. The fourth-order valence-electron chi connectivity index (χ4n) is 2.38. The Labute approximate surface area is 78.4 Å². The van der Waals surface area contributed by atoms with Gasteiger partial charge in [0.15, 0.2) is 5.60 Å². The third-order valence-electron chi connectivity index (χ3n) is 3.39. The van der Waals surface area contributed by atoms with Gasteiger partial charge in [-0.1, -0.05) is 19.8 Å². The summed E-state index contributed by atoms with van der Waals surface area (Å²) in [6.07, 6.45) is 5.19. The number of unbranched alkanes of at least 4 members (excludes halogenated alkanes) is 1. The predicted octanol–water partition coefficient (Wildman–Crippen LogP) is 1.65. The van der Waals surface area contributed by atoms with E-state index >= 15 is 0 Å². The third-order valence-corrected chi connectivity index (χ3v) is 3.39. The third kappa shape index (κ3) is 0.966. The molecule has 1 saturated heterocycles. The molecule has 1 aliphatic heterocycles. The molecule has 0 aromatic rings. The van der Waals surface area contributed by atoms with E-state index in [0.29, 0.717) is 0 Å². The predicted molar refractivity (Wildman–Crippen MR) is 47.3 cm³/mol. The van der Waals surface area contributed by atoms with Crippen LogP contribution in [0, 0.1) is 0 Å². The first-order valence-corrected chi connectivity index (χ1v) is 4.99. The summed E-state index contributed by atoms with van der Waals surface area (Å²) < 4.78 is 10.3. The lowest BCUT2D eigenvalue weighted by Gasteiger charge is -2.26. The Bertz CT molecular complexity index is 238. The van der Waals surface area contributed by atoms with E-state index in [1.54, 1.807) is 0 Å². The Kier molecular flexibility index (Phi) is 1.88. The van der Waals surface area contributed by atoms with Gasteiger partial charge in [-0.05, 0) is 19.3 Å². The number of rotatable bonds is 4. The lowest BCUT2D eigenvalue weighted by atomic mass is 9.71. The number of carbonyl (C=O) groups is 1. The van der Waals surface area contributed by atoms with Gasteiger partial charge in [0.1, 0.15) is 5.60 Å². The van der Waals surface area contributed by atoms with Crippen LogP contribution in [0.3, 0.4) is 0 Å². The van der Waals surface area contributed by atoms with Gasteiger partial charge in [0.05, 0.1) is 7.11 Å². The Morgan fingerprint density at radius 2 is 2.31 bits per heavy atom. The first-order valence-electron chi connectivity index (χ1n) is 4.99. The van der Waals surface area contributed by atoms with Crippen molar-refractivity contribution >= 4 is 5.97 Å². The first kappa shape index (κ1) is 9.00. The molecule has 2 aliphatic rings. The van der Waals surface area contributed by atoms with Crippen molar-refractivity contribution in [3.8, 4) is 0 Å². The summed E-state index contributed by atoms with van der Waals surface area (Å²) in [5.74, 6) is -0.171. The van der Waals surface area contributed by atoms with Crippen molar-refractivity contribution in [2.45, 2.75) is 50.2 Å². The summed E-state index contributed by atoms with van der Waals surface area (Å²) >= 11 is 0. The molecule has 0 bridgehead atoms. The summed E-state index contributed by atoms with van der Waals surface area (Å²) in [5.41, 5.74) is -0.632. The number of hydrogen-bond acceptors (Lipinski definition) is 3. The SMILES string of the molecule is CCCCC12CCC1(C(=O)OC)O2. The van der Waals surface area contributed by atoms with Crippen LogP contribution in [0.4, 0.5) is 0 Å². The fourth-order valence-corrected chi connectivity index (χ4v) is 2.38. The molecular formula is C10H16O3. The minimum atomic E-state index is -0.517. The number of ether oxygens (including phenoxy) is 2. The van der Waals surface area contributed by atoms with Gasteiger partial charge < -0.3 is 9.47 Å². The highest BCUT2D eigenvalue weighted by Gasteiger charge is 2.81. The van der Waals surface area contributed by atoms with Crippen molar-refractivity contribution in [1.29, 1.82) is 0 Å². The zero-order valence-corrected chi connectivity index (χ0v) is 8.26. The van der Waals surface area contributed by atoms with Crippen molar-refractivity contribution in [3.63, 3.8) is 0 Å². The summed E-state index contributed by atoms with van der Waals surface area (Å²) in [4.78, 5) is 11.4. The summed E-state index contributed by atoms with van der Waals surface area (Å²) in [5, 5.41) is 0. The molecule has 13 heavy (non-hydrogen) atoms. The molecule has 0 amide bonds. The number of methoxy groups -OCH3 is 1. The molecule has 2 atom stereocenters. The van der Waals surface area contributed by atoms with Gasteiger partial charge in [-0.15, -0.1) is 0 Å². The van der Waals surface area contributed by atoms with Crippen molar-refractivity contribution in [2.75, 3.05) is 7.11 Å². The van der Waals surface area contributed by atoms with Crippen molar-refractivity contribution in [2.24, 2.45) is 0 Å². The lowest BCUT2D eigenvalue weighted by Crippen LogP contribution is -2.43. The van der Waals surface area contributed by atoms with Gasteiger partial charge in [0, 0.05) is 0 Å². The van der Waals surface area contributed by atoms with Crippen LogP contribution in [0.1, 0.15) is 39.0 Å². The van der Waals surface area contributed by atoms with Crippen LogP contribution in [-0.2, 0) is 14.3 Å². The number of fused-ring (bicyclic) bond motifs is 1. The highest BCUT2D eigenvalue weighted by atomic mass is 16.7. The quantitative estimate of drug-likeness (QED) is 0.492. The molecule has 3 nitrogen and oxygen atoms in total. The Balaban J connectivity index is 1.96. The van der Waals surface area contributed by atoms with Crippen LogP contribution in [0.2, 0.25) is 0 Å². The van der Waals surface area contributed by atoms with Gasteiger partial charge in [-0.25, -0.2) is 4.79 Å². The van der Waals surface area contributed by atoms with Gasteiger partial charge in [0.2, 0.25) is 0 Å². The summed E-state index contributed by atoms with van der Waals surface area (Å²) in [7, 11) is 1.43. The maximum Gasteiger partial charge on any atom is 0.341 e. The Morgan fingerprint density at radius 1 is 1.54 bits per heavy atom. The van der Waals surface area contributed by atoms with Crippen LogP contribution < -0.4 is 0 Å². The molecule has 0 aromatic carbocycles. The Morgan fingerprint density at radius 3 is 2.77 bits per heavy atom. The molecule has 0 radical (unpaired) electrons. The topological polar surface area (TPSA) is 38.8 Å². The molecule has 74 valence electrons. The molecule has 2 unspecified atom stereocenters. The minimum absolute atomic E-state index is 0.115. The molecular weight excluding hydrogens is 168 g/mol. The van der Waals surface area contributed by atoms with Crippen molar-refractivity contribution < 1.29 is 14.3 Å². The fraction of sp³-hybridized carbons (Fsp3) is 0.900. The second-order valence-electron chi connectivity index (χ2n) is 4.02. The molecule has 2 rings (SSSR count). The van der Waals surface area contributed by atoms with E-state index in [4.69, 9.17) is 9.47 Å². The molecule has 1 saturated carbocycles. The maximum atomic E-state index is 11.4. The number of esters is 1. The van der Waals surface area contributed by atoms with E-state index in [2.05, 4.69) is 6.92 Å². The summed E-state index contributed by atoms with van der Waals surface area (Å²) in [6, 6.07) is 0. The van der Waals surface area contributed by atoms with E-state index in [-0.39, 0.29) is 11.6 Å². The van der Waals surface area contributed by atoms with Crippen LogP contribution in [0.25, 0.3) is 0 Å². The first-order chi connectivity index (χ1) is 6.21. The second kappa shape index (κ2) is 2.71. The highest BCUT2D eigenvalue weighted by molar-refractivity contribution is 5.86. The normalized spacial score (nSPS) is 40.5. The summed E-state index contributed by atoms with van der Waals surface area (Å²) in [6.45, 7) is 2.15. The molecule has 1 aliphatic carbocycles. The lowest BCUT2D eigenvalue weighted by molar-refractivity contribution is -0.148. The van der Waals surface area contributed by atoms with Crippen LogP contribution in [-0.4, -0.2) is 24.3 Å². The number of epoxide rings is 1. The number of hydrogen-bond donors (Lipinski definition) is 0. The van der Waals surface area contributed by atoms with E-state index in [9.17, 15) is 4.79 Å². The monoisotopic (exact) mass is 184 g/mol. The Hall–Kier alpha value is -0.570. The van der Waals surface area contributed by atoms with Crippen molar-refractivity contribution in [1.82, 2.24) is 0 Å². The zero-order chi connectivity index (χ0) is 9.53. The van der Waals surface area contributed by atoms with E-state index in [1.165, 1.54) is 7.11 Å². The van der Waals surface area contributed by atoms with Crippen LogP contribution in [0.15, 0.2) is 0 Å². The van der Waals surface area contributed by atoms with E-state index in [0.717, 1.165) is 32.1 Å². The van der Waals surface area contributed by atoms with Gasteiger partial charge >= 0.3 is 5.97 Å². The van der Waals surface area contributed by atoms with Gasteiger partial charge in [-0.3, -0.25) is 0 Å².